The zero-order valence-corrected chi connectivity index (χ0v) is 11.4. The molecule has 3 rings (SSSR count). The number of hydrogen-bond donors (Lipinski definition) is 2. The third-order valence-electron chi connectivity index (χ3n) is 3.25. The zero-order chi connectivity index (χ0) is 15.9. The highest BCUT2D eigenvalue weighted by molar-refractivity contribution is 5.81. The van der Waals surface area contributed by atoms with E-state index < -0.39 is 11.7 Å². The summed E-state index contributed by atoms with van der Waals surface area (Å²) in [5, 5.41) is 9.45. The van der Waals surface area contributed by atoms with Crippen LogP contribution in [0.15, 0.2) is 36.4 Å². The molecule has 0 bridgehead atoms. The Bertz CT molecular complexity index is 840. The second-order valence-electron chi connectivity index (χ2n) is 4.70. The standard InChI is InChI=1S/C15H11F3N2O2/c1-22-13-7-9(21)3-4-10(13)14-19-11-5-2-8(15(16,17)18)6-12(11)20-14/h2-7,21H,1H3,(H,19,20). The van der Waals surface area contributed by atoms with Crippen LogP contribution in [0.1, 0.15) is 5.56 Å². The predicted molar refractivity (Wildman–Crippen MR) is 74.7 cm³/mol. The number of aromatic amines is 1. The summed E-state index contributed by atoms with van der Waals surface area (Å²) in [5.41, 5.74) is 0.485. The summed E-state index contributed by atoms with van der Waals surface area (Å²) in [7, 11) is 1.43. The van der Waals surface area contributed by atoms with Crippen molar-refractivity contribution in [2.24, 2.45) is 0 Å². The number of phenolic OH excluding ortho intramolecular Hbond substituents is 1. The summed E-state index contributed by atoms with van der Waals surface area (Å²) in [6.07, 6.45) is -4.41. The fourth-order valence-corrected chi connectivity index (χ4v) is 2.19. The minimum Gasteiger partial charge on any atom is -0.508 e. The maximum atomic E-state index is 12.7. The van der Waals surface area contributed by atoms with Crippen LogP contribution in [0.25, 0.3) is 22.4 Å². The maximum Gasteiger partial charge on any atom is 0.416 e. The van der Waals surface area contributed by atoms with E-state index in [1.54, 1.807) is 6.07 Å². The van der Waals surface area contributed by atoms with E-state index in [0.717, 1.165) is 12.1 Å². The lowest BCUT2D eigenvalue weighted by atomic mass is 10.2. The van der Waals surface area contributed by atoms with Gasteiger partial charge in [0.2, 0.25) is 0 Å². The van der Waals surface area contributed by atoms with Gasteiger partial charge in [-0.15, -0.1) is 0 Å². The average molecular weight is 308 g/mol. The van der Waals surface area contributed by atoms with Crippen molar-refractivity contribution in [3.8, 4) is 22.9 Å². The van der Waals surface area contributed by atoms with Gasteiger partial charge in [0.25, 0.3) is 0 Å². The van der Waals surface area contributed by atoms with Crippen molar-refractivity contribution in [1.29, 1.82) is 0 Å². The Morgan fingerprint density at radius 2 is 1.91 bits per heavy atom. The number of aromatic hydroxyl groups is 1. The number of fused-ring (bicyclic) bond motifs is 1. The Kier molecular flexibility index (Phi) is 3.20. The number of alkyl halides is 3. The molecule has 114 valence electrons. The van der Waals surface area contributed by atoms with Crippen LogP contribution in [-0.2, 0) is 6.18 Å². The molecule has 0 atom stereocenters. The van der Waals surface area contributed by atoms with E-state index in [1.165, 1.54) is 25.3 Å². The van der Waals surface area contributed by atoms with E-state index in [9.17, 15) is 18.3 Å². The van der Waals surface area contributed by atoms with Crippen molar-refractivity contribution in [3.05, 3.63) is 42.0 Å². The van der Waals surface area contributed by atoms with Gasteiger partial charge in [0, 0.05) is 6.07 Å². The molecule has 2 N–H and O–H groups in total. The van der Waals surface area contributed by atoms with Gasteiger partial charge in [-0.2, -0.15) is 13.2 Å². The number of halogens is 3. The van der Waals surface area contributed by atoms with Gasteiger partial charge in [0.1, 0.15) is 17.3 Å². The molecular weight excluding hydrogens is 297 g/mol. The molecule has 22 heavy (non-hydrogen) atoms. The van der Waals surface area contributed by atoms with E-state index in [4.69, 9.17) is 4.74 Å². The molecular formula is C15H11F3N2O2. The lowest BCUT2D eigenvalue weighted by Crippen LogP contribution is -2.04. The van der Waals surface area contributed by atoms with Crippen molar-refractivity contribution in [1.82, 2.24) is 9.97 Å². The van der Waals surface area contributed by atoms with Crippen LogP contribution in [0.5, 0.6) is 11.5 Å². The topological polar surface area (TPSA) is 58.1 Å². The molecule has 0 unspecified atom stereocenters. The van der Waals surface area contributed by atoms with Crippen LogP contribution in [0.2, 0.25) is 0 Å². The Hall–Kier alpha value is -2.70. The largest absolute Gasteiger partial charge is 0.508 e. The molecule has 0 saturated heterocycles. The summed E-state index contributed by atoms with van der Waals surface area (Å²) >= 11 is 0. The fourth-order valence-electron chi connectivity index (χ4n) is 2.19. The maximum absolute atomic E-state index is 12.7. The molecule has 4 nitrogen and oxygen atoms in total. The van der Waals surface area contributed by atoms with Gasteiger partial charge in [0.05, 0.1) is 29.3 Å². The molecule has 0 aliphatic rings. The van der Waals surface area contributed by atoms with Crippen LogP contribution < -0.4 is 4.74 Å². The number of imidazole rings is 1. The van der Waals surface area contributed by atoms with Crippen molar-refractivity contribution in [3.63, 3.8) is 0 Å². The van der Waals surface area contributed by atoms with E-state index >= 15 is 0 Å². The summed E-state index contributed by atoms with van der Waals surface area (Å²) < 4.78 is 43.3. The number of ether oxygens (including phenoxy) is 1. The minimum absolute atomic E-state index is 0.0241. The summed E-state index contributed by atoms with van der Waals surface area (Å²) in [6.45, 7) is 0. The van der Waals surface area contributed by atoms with E-state index in [1.807, 2.05) is 0 Å². The average Bonchev–Trinajstić information content (AvgIpc) is 2.88. The van der Waals surface area contributed by atoms with Gasteiger partial charge in [-0.1, -0.05) is 0 Å². The number of nitrogens with one attached hydrogen (secondary N) is 1. The minimum atomic E-state index is -4.41. The predicted octanol–water partition coefficient (Wildman–Crippen LogP) is 3.96. The number of H-pyrrole nitrogens is 1. The molecule has 0 saturated carbocycles. The first-order chi connectivity index (χ1) is 10.4. The summed E-state index contributed by atoms with van der Waals surface area (Å²) in [4.78, 5) is 7.12. The highest BCUT2D eigenvalue weighted by Crippen LogP contribution is 2.34. The highest BCUT2D eigenvalue weighted by Gasteiger charge is 2.30. The first-order valence-electron chi connectivity index (χ1n) is 6.33. The smallest absolute Gasteiger partial charge is 0.416 e. The molecule has 0 spiro atoms. The first kappa shape index (κ1) is 14.2. The Morgan fingerprint density at radius 1 is 1.14 bits per heavy atom. The Balaban J connectivity index is 2.13. The number of hydrogen-bond acceptors (Lipinski definition) is 3. The van der Waals surface area contributed by atoms with Crippen molar-refractivity contribution in [2.75, 3.05) is 7.11 Å². The van der Waals surface area contributed by atoms with Crippen molar-refractivity contribution in [2.45, 2.75) is 6.18 Å². The molecule has 1 heterocycles. The molecule has 3 aromatic rings. The quantitative estimate of drug-likeness (QED) is 0.753. The first-order valence-corrected chi connectivity index (χ1v) is 6.33. The third-order valence-corrected chi connectivity index (χ3v) is 3.25. The second kappa shape index (κ2) is 4.94. The molecule has 0 aliphatic carbocycles. The van der Waals surface area contributed by atoms with Crippen molar-refractivity contribution >= 4 is 11.0 Å². The summed E-state index contributed by atoms with van der Waals surface area (Å²) in [6, 6.07) is 7.76. The second-order valence-corrected chi connectivity index (χ2v) is 4.70. The SMILES string of the molecule is COc1cc(O)ccc1-c1nc2cc(C(F)(F)F)ccc2[nH]1. The Labute approximate surface area is 123 Å². The zero-order valence-electron chi connectivity index (χ0n) is 11.4. The summed E-state index contributed by atoms with van der Waals surface area (Å²) in [5.74, 6) is 0.761. The number of aromatic nitrogens is 2. The van der Waals surface area contributed by atoms with E-state index in [2.05, 4.69) is 9.97 Å². The molecule has 7 heteroatoms. The number of rotatable bonds is 2. The normalized spacial score (nSPS) is 11.8. The van der Waals surface area contributed by atoms with Crippen LogP contribution in [0, 0.1) is 0 Å². The monoisotopic (exact) mass is 308 g/mol. The van der Waals surface area contributed by atoms with Crippen molar-refractivity contribution < 1.29 is 23.0 Å². The number of methoxy groups -OCH3 is 1. The number of nitrogens with zero attached hydrogens (tertiary/aromatic N) is 1. The highest BCUT2D eigenvalue weighted by atomic mass is 19.4. The van der Waals surface area contributed by atoms with Gasteiger partial charge >= 0.3 is 6.18 Å². The van der Waals surface area contributed by atoms with Gasteiger partial charge in [-0.3, -0.25) is 0 Å². The lowest BCUT2D eigenvalue weighted by molar-refractivity contribution is -0.137. The molecule has 0 amide bonds. The Morgan fingerprint density at radius 3 is 2.59 bits per heavy atom. The molecule has 2 aromatic carbocycles. The lowest BCUT2D eigenvalue weighted by Gasteiger charge is -2.06. The van der Waals surface area contributed by atoms with E-state index in [0.29, 0.717) is 22.7 Å². The van der Waals surface area contributed by atoms with Gasteiger partial charge in [-0.25, -0.2) is 4.98 Å². The van der Waals surface area contributed by atoms with Crippen LogP contribution in [0.4, 0.5) is 13.2 Å². The van der Waals surface area contributed by atoms with Gasteiger partial charge in [-0.05, 0) is 30.3 Å². The van der Waals surface area contributed by atoms with Crippen LogP contribution in [-0.4, -0.2) is 22.2 Å². The number of benzene rings is 2. The third kappa shape index (κ3) is 2.45. The van der Waals surface area contributed by atoms with Crippen LogP contribution in [0.3, 0.4) is 0 Å². The molecule has 0 fully saturated rings. The molecule has 1 aromatic heterocycles. The molecule has 0 radical (unpaired) electrons. The van der Waals surface area contributed by atoms with Gasteiger partial charge < -0.3 is 14.8 Å². The fraction of sp³-hybridized carbons (Fsp3) is 0.133. The number of phenols is 1. The van der Waals surface area contributed by atoms with E-state index in [-0.39, 0.29) is 11.3 Å². The van der Waals surface area contributed by atoms with Gasteiger partial charge in [0.15, 0.2) is 0 Å². The molecule has 0 aliphatic heterocycles. The van der Waals surface area contributed by atoms with Crippen LogP contribution >= 0.6 is 0 Å².